The smallest absolute Gasteiger partial charge is 0.469 e. The number of methoxy groups -OCH3 is 1. The van der Waals surface area contributed by atoms with Crippen molar-refractivity contribution in [2.45, 2.75) is 6.42 Å². The first-order valence-corrected chi connectivity index (χ1v) is 4.39. The lowest BCUT2D eigenvalue weighted by Gasteiger charge is -2.19. The molecule has 0 aliphatic rings. The maximum atomic E-state index is 12.8. The van der Waals surface area contributed by atoms with Gasteiger partial charge in [0.1, 0.15) is 5.82 Å². The summed E-state index contributed by atoms with van der Waals surface area (Å²) in [5.74, 6) is -1.66. The Balaban J connectivity index is 3.13. The second-order valence-electron chi connectivity index (χ2n) is 3.17. The van der Waals surface area contributed by atoms with E-state index in [-0.39, 0.29) is 0 Å². The van der Waals surface area contributed by atoms with Crippen molar-refractivity contribution in [2.75, 3.05) is 7.11 Å². The fourth-order valence-corrected chi connectivity index (χ4v) is 1.27. The van der Waals surface area contributed by atoms with E-state index in [1.54, 1.807) is 0 Å². The van der Waals surface area contributed by atoms with Gasteiger partial charge in [-0.25, -0.2) is 4.39 Å². The topological polar surface area (TPSA) is 26.3 Å². The zero-order valence-corrected chi connectivity index (χ0v) is 8.34. The van der Waals surface area contributed by atoms with E-state index in [1.165, 1.54) is 0 Å². The molecule has 0 radical (unpaired) electrons. The molecule has 0 saturated carbocycles. The van der Waals surface area contributed by atoms with Gasteiger partial charge in [-0.15, -0.1) is 5.46 Å². The molecular weight excluding hydrogens is 227 g/mol. The molecule has 0 aliphatic carbocycles. The average molecular weight is 235 g/mol. The Labute approximate surface area is 89.3 Å². The summed E-state index contributed by atoms with van der Waals surface area (Å²) in [6, 6.07) is 2.04. The van der Waals surface area contributed by atoms with Crippen LogP contribution < -0.4 is 5.46 Å². The largest absolute Gasteiger partial charge is 0.509 e. The molecule has 7 heteroatoms. The van der Waals surface area contributed by atoms with E-state index in [1.807, 2.05) is 0 Å². The van der Waals surface area contributed by atoms with Crippen molar-refractivity contribution in [3.63, 3.8) is 0 Å². The summed E-state index contributed by atoms with van der Waals surface area (Å²) < 4.78 is 54.6. The highest BCUT2D eigenvalue weighted by Crippen LogP contribution is 2.14. The lowest BCUT2D eigenvalue weighted by molar-refractivity contribution is -0.139. The number of carbonyl (C=O) groups excluding carboxylic acids is 1. The molecule has 1 rings (SSSR count). The SMILES string of the molecule is COC(=O)Cc1cc(F)ccc1[B-](F)(F)F. The summed E-state index contributed by atoms with van der Waals surface area (Å²) in [6.45, 7) is -5.26. The number of ether oxygens (including phenoxy) is 1. The first kappa shape index (κ1) is 12.5. The number of carbonyl (C=O) groups is 1. The van der Waals surface area contributed by atoms with E-state index < -0.39 is 36.2 Å². The second kappa shape index (κ2) is 4.55. The second-order valence-corrected chi connectivity index (χ2v) is 3.17. The fraction of sp³-hybridized carbons (Fsp3) is 0.222. The van der Waals surface area contributed by atoms with Crippen molar-refractivity contribution in [1.29, 1.82) is 0 Å². The Hall–Kier alpha value is -1.53. The summed E-state index contributed by atoms with van der Waals surface area (Å²) in [7, 11) is 1.06. The minimum Gasteiger partial charge on any atom is -0.469 e. The third kappa shape index (κ3) is 2.98. The first-order chi connectivity index (χ1) is 7.34. The van der Waals surface area contributed by atoms with Gasteiger partial charge in [0.15, 0.2) is 0 Å². The van der Waals surface area contributed by atoms with Crippen LogP contribution in [0.4, 0.5) is 17.3 Å². The standard InChI is InChI=1S/C9H8BF4O2/c1-16-9(15)5-6-4-7(11)2-3-8(6)10(12,13)14/h2-4H,5H2,1H3/q-1. The Bertz CT molecular complexity index is 403. The molecule has 88 valence electrons. The van der Waals surface area contributed by atoms with Crippen molar-refractivity contribution in [1.82, 2.24) is 0 Å². The maximum absolute atomic E-state index is 12.8. The zero-order chi connectivity index (χ0) is 12.3. The van der Waals surface area contributed by atoms with Gasteiger partial charge in [-0.2, -0.15) is 0 Å². The van der Waals surface area contributed by atoms with Crippen LogP contribution in [-0.4, -0.2) is 20.1 Å². The van der Waals surface area contributed by atoms with Crippen LogP contribution >= 0.6 is 0 Å². The molecular formula is C9H8BF4O2-. The Morgan fingerprint density at radius 2 is 2.00 bits per heavy atom. The lowest BCUT2D eigenvalue weighted by atomic mass is 9.76. The van der Waals surface area contributed by atoms with Crippen LogP contribution in [0.25, 0.3) is 0 Å². The van der Waals surface area contributed by atoms with Crippen LogP contribution in [0.1, 0.15) is 5.56 Å². The zero-order valence-electron chi connectivity index (χ0n) is 8.34. The van der Waals surface area contributed by atoms with Crippen molar-refractivity contribution in [3.8, 4) is 0 Å². The van der Waals surface area contributed by atoms with E-state index in [9.17, 15) is 22.1 Å². The molecule has 0 heterocycles. The highest BCUT2D eigenvalue weighted by Gasteiger charge is 2.29. The molecule has 0 N–H and O–H groups in total. The Morgan fingerprint density at radius 1 is 1.38 bits per heavy atom. The van der Waals surface area contributed by atoms with Gasteiger partial charge in [-0.3, -0.25) is 4.79 Å². The predicted octanol–water partition coefficient (Wildman–Crippen LogP) is 1.60. The summed E-state index contributed by atoms with van der Waals surface area (Å²) in [4.78, 5) is 10.9. The monoisotopic (exact) mass is 235 g/mol. The van der Waals surface area contributed by atoms with E-state index in [4.69, 9.17) is 0 Å². The van der Waals surface area contributed by atoms with Crippen LogP contribution in [-0.2, 0) is 16.0 Å². The highest BCUT2D eigenvalue weighted by molar-refractivity contribution is 6.74. The third-order valence-corrected chi connectivity index (χ3v) is 2.02. The van der Waals surface area contributed by atoms with E-state index in [0.29, 0.717) is 18.2 Å². The summed E-state index contributed by atoms with van der Waals surface area (Å²) in [5.41, 5.74) is -1.37. The Morgan fingerprint density at radius 3 is 2.50 bits per heavy atom. The molecule has 0 aromatic heterocycles. The van der Waals surface area contributed by atoms with Crippen LogP contribution in [0.3, 0.4) is 0 Å². The van der Waals surface area contributed by atoms with Gasteiger partial charge in [-0.1, -0.05) is 11.6 Å². The summed E-state index contributed by atoms with van der Waals surface area (Å²) in [6.07, 6.45) is -0.592. The molecule has 1 aromatic carbocycles. The quantitative estimate of drug-likeness (QED) is 0.451. The number of benzene rings is 1. The molecule has 0 spiro atoms. The van der Waals surface area contributed by atoms with Crippen molar-refractivity contribution >= 4 is 18.4 Å². The number of esters is 1. The van der Waals surface area contributed by atoms with Gasteiger partial charge in [0.25, 0.3) is 0 Å². The van der Waals surface area contributed by atoms with Crippen molar-refractivity contribution in [3.05, 3.63) is 29.6 Å². The van der Waals surface area contributed by atoms with Crippen molar-refractivity contribution in [2.24, 2.45) is 0 Å². The Kier molecular flexibility index (Phi) is 3.56. The number of hydrogen-bond acceptors (Lipinski definition) is 2. The van der Waals surface area contributed by atoms with Gasteiger partial charge in [-0.05, 0) is 12.1 Å². The fourth-order valence-electron chi connectivity index (χ4n) is 1.27. The van der Waals surface area contributed by atoms with E-state index >= 15 is 0 Å². The number of hydrogen-bond donors (Lipinski definition) is 0. The molecule has 1 aromatic rings. The van der Waals surface area contributed by atoms with Gasteiger partial charge < -0.3 is 17.7 Å². The first-order valence-electron chi connectivity index (χ1n) is 4.39. The molecule has 16 heavy (non-hydrogen) atoms. The summed E-state index contributed by atoms with van der Waals surface area (Å²) in [5, 5.41) is 0. The normalized spacial score (nSPS) is 11.3. The number of rotatable bonds is 3. The van der Waals surface area contributed by atoms with Crippen molar-refractivity contribution < 1.29 is 26.9 Å². The van der Waals surface area contributed by atoms with Crippen LogP contribution in [0.5, 0.6) is 0 Å². The van der Waals surface area contributed by atoms with Gasteiger partial charge in [0.05, 0.1) is 13.5 Å². The molecule has 0 unspecified atom stereocenters. The molecule has 0 saturated heterocycles. The predicted molar refractivity (Wildman–Crippen MR) is 50.8 cm³/mol. The minimum atomic E-state index is -5.26. The van der Waals surface area contributed by atoms with Crippen LogP contribution in [0.15, 0.2) is 18.2 Å². The van der Waals surface area contributed by atoms with E-state index in [2.05, 4.69) is 4.74 Å². The van der Waals surface area contributed by atoms with Crippen LogP contribution in [0.2, 0.25) is 0 Å². The van der Waals surface area contributed by atoms with Crippen LogP contribution in [0, 0.1) is 5.82 Å². The average Bonchev–Trinajstić information content (AvgIpc) is 2.15. The maximum Gasteiger partial charge on any atom is 0.509 e. The van der Waals surface area contributed by atoms with Gasteiger partial charge in [0.2, 0.25) is 0 Å². The van der Waals surface area contributed by atoms with E-state index in [0.717, 1.165) is 7.11 Å². The number of halogens is 4. The molecule has 0 atom stereocenters. The minimum absolute atomic E-state index is 0.403. The molecule has 0 aliphatic heterocycles. The molecule has 2 nitrogen and oxygen atoms in total. The van der Waals surface area contributed by atoms with Gasteiger partial charge in [0, 0.05) is 0 Å². The molecule has 0 bridgehead atoms. The third-order valence-electron chi connectivity index (χ3n) is 2.02. The lowest BCUT2D eigenvalue weighted by Crippen LogP contribution is -2.37. The molecule has 0 fully saturated rings. The van der Waals surface area contributed by atoms with Gasteiger partial charge >= 0.3 is 12.9 Å². The highest BCUT2D eigenvalue weighted by atomic mass is 19.4. The summed E-state index contributed by atoms with van der Waals surface area (Å²) >= 11 is 0. The molecule has 0 amide bonds.